The third-order valence-corrected chi connectivity index (χ3v) is 6.44. The topological polar surface area (TPSA) is 89.0 Å². The Bertz CT molecular complexity index is 1330. The van der Waals surface area contributed by atoms with Crippen molar-refractivity contribution in [3.8, 4) is 22.8 Å². The molecule has 0 aliphatic heterocycles. The summed E-state index contributed by atoms with van der Waals surface area (Å²) < 4.78 is 40.4. The Morgan fingerprint density at radius 2 is 1.77 bits per heavy atom. The number of aliphatic carboxylic acids is 1. The number of halogens is 2. The van der Waals surface area contributed by atoms with Gasteiger partial charge in [-0.1, -0.05) is 12.1 Å². The van der Waals surface area contributed by atoms with Crippen molar-refractivity contribution in [2.24, 2.45) is 0 Å². The van der Waals surface area contributed by atoms with Gasteiger partial charge in [-0.3, -0.25) is 4.90 Å². The van der Waals surface area contributed by atoms with Gasteiger partial charge in [0.15, 0.2) is 0 Å². The van der Waals surface area contributed by atoms with Crippen molar-refractivity contribution in [2.75, 3.05) is 7.11 Å². The highest BCUT2D eigenvalue weighted by molar-refractivity contribution is 5.92. The third kappa shape index (κ3) is 7.38. The molecule has 208 valence electrons. The Hall–Kier alpha value is -3.85. The van der Waals surface area contributed by atoms with Crippen molar-refractivity contribution in [3.63, 3.8) is 0 Å². The second kappa shape index (κ2) is 12.3. The van der Waals surface area contributed by atoms with Crippen LogP contribution in [0.3, 0.4) is 0 Å². The predicted octanol–water partition coefficient (Wildman–Crippen LogP) is 6.09. The second-order valence-corrected chi connectivity index (χ2v) is 10.2. The van der Waals surface area contributed by atoms with Gasteiger partial charge in [0.05, 0.1) is 12.7 Å². The molecule has 0 amide bonds. The number of carboxylic acids is 1. The van der Waals surface area contributed by atoms with Crippen molar-refractivity contribution < 1.29 is 33.0 Å². The predicted molar refractivity (Wildman–Crippen MR) is 144 cm³/mol. The monoisotopic (exact) mass is 540 g/mol. The maximum atomic E-state index is 15.4. The number of pyridine rings is 1. The SMILES string of the molecule is COc1cc(-c2cc(F)c(C(=O)Oc3cccc(C[C@@](C)(F)C(=O)O)c3)cc2CN(C(C)C)C(C)C)ccn1. The van der Waals surface area contributed by atoms with E-state index in [4.69, 9.17) is 14.6 Å². The van der Waals surface area contributed by atoms with Crippen molar-refractivity contribution in [1.82, 2.24) is 9.88 Å². The van der Waals surface area contributed by atoms with Gasteiger partial charge in [0.25, 0.3) is 0 Å². The van der Waals surface area contributed by atoms with Crippen molar-refractivity contribution in [1.29, 1.82) is 0 Å². The molecule has 0 saturated heterocycles. The number of rotatable bonds is 11. The second-order valence-electron chi connectivity index (χ2n) is 10.2. The fourth-order valence-corrected chi connectivity index (χ4v) is 4.36. The number of carboxylic acid groups (broad SMARTS) is 1. The molecule has 7 nitrogen and oxygen atoms in total. The van der Waals surface area contributed by atoms with Crippen molar-refractivity contribution >= 4 is 11.9 Å². The summed E-state index contributed by atoms with van der Waals surface area (Å²) >= 11 is 0. The quantitative estimate of drug-likeness (QED) is 0.233. The lowest BCUT2D eigenvalue weighted by atomic mass is 9.96. The number of ether oxygens (including phenoxy) is 2. The molecule has 0 aliphatic rings. The first-order chi connectivity index (χ1) is 18.3. The summed E-state index contributed by atoms with van der Waals surface area (Å²) in [6, 6.07) is 12.5. The molecule has 0 bridgehead atoms. The van der Waals surface area contributed by atoms with Crippen LogP contribution < -0.4 is 9.47 Å². The lowest BCUT2D eigenvalue weighted by Crippen LogP contribution is -2.36. The van der Waals surface area contributed by atoms with Crippen LogP contribution >= 0.6 is 0 Å². The van der Waals surface area contributed by atoms with Gasteiger partial charge in [-0.25, -0.2) is 23.4 Å². The molecule has 9 heteroatoms. The molecule has 1 aromatic heterocycles. The molecule has 0 saturated carbocycles. The van der Waals surface area contributed by atoms with Crippen LogP contribution in [0.2, 0.25) is 0 Å². The van der Waals surface area contributed by atoms with Crippen LogP contribution in [0.5, 0.6) is 11.6 Å². The Kier molecular flexibility index (Phi) is 9.40. The highest BCUT2D eigenvalue weighted by Crippen LogP contribution is 2.31. The first-order valence-electron chi connectivity index (χ1n) is 12.6. The van der Waals surface area contributed by atoms with Crippen LogP contribution in [0.15, 0.2) is 54.7 Å². The van der Waals surface area contributed by atoms with Crippen LogP contribution in [0.25, 0.3) is 11.1 Å². The maximum Gasteiger partial charge on any atom is 0.346 e. The number of hydrogen-bond acceptors (Lipinski definition) is 6. The first kappa shape index (κ1) is 29.7. The standard InChI is InChI=1S/C30H34F2N2O5/c1-18(2)34(19(3)4)17-22-13-25(26(31)15-24(22)21-10-11-33-27(14-21)38-6)28(35)39-23-9-7-8-20(12-23)16-30(5,32)29(36)37/h7-15,18-19H,16-17H2,1-6H3,(H,36,37)/t30-/m1/s1. The molecule has 0 spiro atoms. The van der Waals surface area contributed by atoms with Crippen LogP contribution in [0.1, 0.15) is 56.1 Å². The highest BCUT2D eigenvalue weighted by Gasteiger charge is 2.33. The third-order valence-electron chi connectivity index (χ3n) is 6.44. The van der Waals surface area contributed by atoms with E-state index in [0.29, 0.717) is 34.7 Å². The minimum atomic E-state index is -2.49. The smallest absolute Gasteiger partial charge is 0.346 e. The lowest BCUT2D eigenvalue weighted by molar-refractivity contribution is -0.149. The molecule has 0 aliphatic carbocycles. The van der Waals surface area contributed by atoms with Gasteiger partial charge < -0.3 is 14.6 Å². The molecule has 2 aromatic carbocycles. The molecule has 0 unspecified atom stereocenters. The molecule has 1 heterocycles. The van der Waals surface area contributed by atoms with E-state index in [2.05, 4.69) is 37.6 Å². The number of aromatic nitrogens is 1. The maximum absolute atomic E-state index is 15.4. The Labute approximate surface area is 227 Å². The molecular formula is C30H34F2N2O5. The molecular weight excluding hydrogens is 506 g/mol. The van der Waals surface area contributed by atoms with E-state index < -0.39 is 29.8 Å². The van der Waals surface area contributed by atoms with E-state index in [-0.39, 0.29) is 23.4 Å². The molecule has 39 heavy (non-hydrogen) atoms. The van der Waals surface area contributed by atoms with E-state index in [1.165, 1.54) is 43.5 Å². The minimum Gasteiger partial charge on any atom is -0.481 e. The number of esters is 1. The number of nitrogens with zero attached hydrogens (tertiary/aromatic N) is 2. The zero-order valence-electron chi connectivity index (χ0n) is 23.0. The van der Waals surface area contributed by atoms with Gasteiger partial charge in [0, 0.05) is 37.3 Å². The van der Waals surface area contributed by atoms with E-state index in [1.54, 1.807) is 18.3 Å². The number of alkyl halides is 1. The number of hydrogen-bond donors (Lipinski definition) is 1. The Morgan fingerprint density at radius 3 is 2.38 bits per heavy atom. The highest BCUT2D eigenvalue weighted by atomic mass is 19.1. The lowest BCUT2D eigenvalue weighted by Gasteiger charge is -2.31. The summed E-state index contributed by atoms with van der Waals surface area (Å²) in [5, 5.41) is 9.07. The van der Waals surface area contributed by atoms with Crippen molar-refractivity contribution in [3.05, 3.63) is 77.2 Å². The zero-order valence-corrected chi connectivity index (χ0v) is 23.0. The van der Waals surface area contributed by atoms with Crippen molar-refractivity contribution in [2.45, 2.75) is 65.3 Å². The normalized spacial score (nSPS) is 13.0. The van der Waals surface area contributed by atoms with E-state index >= 15 is 4.39 Å². The molecule has 1 N–H and O–H groups in total. The molecule has 3 aromatic rings. The van der Waals surface area contributed by atoms with Crippen LogP contribution in [0, 0.1) is 5.82 Å². The van der Waals surface area contributed by atoms with Gasteiger partial charge in [0.2, 0.25) is 11.5 Å². The fraction of sp³-hybridized carbons (Fsp3) is 0.367. The molecule has 1 atom stereocenters. The molecule has 0 fully saturated rings. The largest absolute Gasteiger partial charge is 0.481 e. The number of carbonyl (C=O) groups is 2. The van der Waals surface area contributed by atoms with E-state index in [9.17, 15) is 14.0 Å². The van der Waals surface area contributed by atoms with Crippen LogP contribution in [0.4, 0.5) is 8.78 Å². The van der Waals surface area contributed by atoms with E-state index in [0.717, 1.165) is 6.92 Å². The summed E-state index contributed by atoms with van der Waals surface area (Å²) in [5.41, 5.74) is -0.442. The first-order valence-corrected chi connectivity index (χ1v) is 12.6. The summed E-state index contributed by atoms with van der Waals surface area (Å²) in [6.45, 7) is 9.65. The van der Waals surface area contributed by atoms with Gasteiger partial charge in [-0.15, -0.1) is 0 Å². The van der Waals surface area contributed by atoms with Gasteiger partial charge in [-0.2, -0.15) is 0 Å². The molecule has 0 radical (unpaired) electrons. The van der Waals surface area contributed by atoms with Gasteiger partial charge >= 0.3 is 11.9 Å². The average molecular weight is 541 g/mol. The van der Waals surface area contributed by atoms with Crippen LogP contribution in [-0.2, 0) is 17.8 Å². The van der Waals surface area contributed by atoms with Crippen LogP contribution in [-0.4, -0.2) is 51.8 Å². The number of carbonyl (C=O) groups excluding carboxylic acids is 1. The van der Waals surface area contributed by atoms with Gasteiger partial charge in [0.1, 0.15) is 11.6 Å². The fourth-order valence-electron chi connectivity index (χ4n) is 4.36. The Morgan fingerprint density at radius 1 is 1.08 bits per heavy atom. The molecule has 3 rings (SSSR count). The summed E-state index contributed by atoms with van der Waals surface area (Å²) in [4.78, 5) is 30.6. The van der Waals surface area contributed by atoms with Gasteiger partial charge in [-0.05, 0) is 87.2 Å². The summed E-state index contributed by atoms with van der Waals surface area (Å²) in [7, 11) is 1.50. The zero-order chi connectivity index (χ0) is 28.9. The average Bonchev–Trinajstić information content (AvgIpc) is 2.87. The summed E-state index contributed by atoms with van der Waals surface area (Å²) in [5.74, 6) is -2.86. The Balaban J connectivity index is 2.00. The number of benzene rings is 2. The number of methoxy groups -OCH3 is 1. The minimum absolute atomic E-state index is 0.0496. The summed E-state index contributed by atoms with van der Waals surface area (Å²) in [6.07, 6.45) is 1.15. The van der Waals surface area contributed by atoms with E-state index in [1.807, 2.05) is 0 Å².